The van der Waals surface area contributed by atoms with Crippen LogP contribution in [0, 0.1) is 12.8 Å². The van der Waals surface area contributed by atoms with Gasteiger partial charge in [-0.3, -0.25) is 0 Å². The second-order valence-corrected chi connectivity index (χ2v) is 5.03. The monoisotopic (exact) mass is 236 g/mol. The molecule has 1 heterocycles. The Morgan fingerprint density at radius 3 is 2.76 bits per heavy atom. The van der Waals surface area contributed by atoms with Crippen molar-refractivity contribution in [1.29, 1.82) is 0 Å². The molecule has 0 saturated heterocycles. The minimum Gasteiger partial charge on any atom is -0.394 e. The predicted molar refractivity (Wildman–Crippen MR) is 72.1 cm³/mol. The fourth-order valence-corrected chi connectivity index (χ4v) is 2.70. The zero-order valence-corrected chi connectivity index (χ0v) is 11.0. The molecule has 0 bridgehead atoms. The summed E-state index contributed by atoms with van der Waals surface area (Å²) >= 11 is 0. The molecule has 96 valence electrons. The van der Waals surface area contributed by atoms with Crippen LogP contribution in [-0.4, -0.2) is 16.3 Å². The maximum absolute atomic E-state index is 6.03. The van der Waals surface area contributed by atoms with Crippen molar-refractivity contribution in [3.63, 3.8) is 0 Å². The van der Waals surface area contributed by atoms with Gasteiger partial charge in [0.2, 0.25) is 0 Å². The summed E-state index contributed by atoms with van der Waals surface area (Å²) in [5.74, 6) is 1.92. The Kier molecular flexibility index (Phi) is 3.92. The van der Waals surface area contributed by atoms with Gasteiger partial charge in [-0.15, -0.1) is 0 Å². The number of rotatable bonds is 5. The Labute approximate surface area is 104 Å². The van der Waals surface area contributed by atoms with E-state index in [4.69, 9.17) is 5.73 Å². The van der Waals surface area contributed by atoms with Crippen LogP contribution >= 0.6 is 0 Å². The summed E-state index contributed by atoms with van der Waals surface area (Å²) in [6, 6.07) is 0. The maximum atomic E-state index is 6.03. The van der Waals surface area contributed by atoms with Gasteiger partial charge >= 0.3 is 0 Å². The molecule has 2 rings (SSSR count). The number of hydrogen-bond acceptors (Lipinski definition) is 3. The molecule has 3 N–H and O–H groups in total. The molecule has 1 saturated carbocycles. The number of nitrogens with zero attached hydrogens (tertiary/aromatic N) is 2. The standard InChI is InChI=1S/C13H24N4/c1-3-17-13(12(14)10(2)16-17)15-9-8-11-6-4-5-7-11/h11,15H,3-9,14H2,1-2H3. The number of nitrogen functional groups attached to an aromatic ring is 1. The predicted octanol–water partition coefficient (Wildman–Crippen LogP) is 2.79. The van der Waals surface area contributed by atoms with Crippen LogP contribution in [0.1, 0.15) is 44.7 Å². The van der Waals surface area contributed by atoms with Crippen LogP contribution < -0.4 is 11.1 Å². The van der Waals surface area contributed by atoms with Crippen LogP contribution in [0.5, 0.6) is 0 Å². The Morgan fingerprint density at radius 2 is 2.12 bits per heavy atom. The summed E-state index contributed by atoms with van der Waals surface area (Å²) in [4.78, 5) is 0. The highest BCUT2D eigenvalue weighted by atomic mass is 15.3. The first-order valence-corrected chi connectivity index (χ1v) is 6.79. The Morgan fingerprint density at radius 1 is 1.41 bits per heavy atom. The van der Waals surface area contributed by atoms with Crippen LogP contribution in [0.25, 0.3) is 0 Å². The first-order valence-electron chi connectivity index (χ1n) is 6.79. The summed E-state index contributed by atoms with van der Waals surface area (Å²) in [5.41, 5.74) is 7.76. The lowest BCUT2D eigenvalue weighted by atomic mass is 10.0. The molecule has 1 aliphatic rings. The lowest BCUT2D eigenvalue weighted by molar-refractivity contribution is 0.517. The normalized spacial score (nSPS) is 16.6. The van der Waals surface area contributed by atoms with Crippen molar-refractivity contribution < 1.29 is 0 Å². The molecule has 0 amide bonds. The quantitative estimate of drug-likeness (QED) is 0.826. The van der Waals surface area contributed by atoms with Crippen LogP contribution in [0.15, 0.2) is 0 Å². The lowest BCUT2D eigenvalue weighted by Gasteiger charge is -2.12. The van der Waals surface area contributed by atoms with Gasteiger partial charge in [-0.2, -0.15) is 5.10 Å². The van der Waals surface area contributed by atoms with Gasteiger partial charge in [-0.1, -0.05) is 25.7 Å². The Hall–Kier alpha value is -1.19. The summed E-state index contributed by atoms with van der Waals surface area (Å²) in [6.45, 7) is 5.93. The molecule has 4 nitrogen and oxygen atoms in total. The molecular formula is C13H24N4. The van der Waals surface area contributed by atoms with Crippen molar-refractivity contribution in [2.75, 3.05) is 17.6 Å². The number of nitrogens with one attached hydrogen (secondary N) is 1. The van der Waals surface area contributed by atoms with Gasteiger partial charge in [0.05, 0.1) is 11.4 Å². The maximum Gasteiger partial charge on any atom is 0.148 e. The number of aromatic nitrogens is 2. The van der Waals surface area contributed by atoms with E-state index in [9.17, 15) is 0 Å². The molecule has 0 aliphatic heterocycles. The highest BCUT2D eigenvalue weighted by Crippen LogP contribution is 2.28. The van der Waals surface area contributed by atoms with E-state index in [0.29, 0.717) is 0 Å². The van der Waals surface area contributed by atoms with Gasteiger partial charge in [0.15, 0.2) is 0 Å². The number of nitrogens with two attached hydrogens (primary N) is 1. The molecule has 4 heteroatoms. The SMILES string of the molecule is CCn1nc(C)c(N)c1NCCC1CCCC1. The number of hydrogen-bond donors (Lipinski definition) is 2. The van der Waals surface area contributed by atoms with E-state index in [0.717, 1.165) is 36.2 Å². The highest BCUT2D eigenvalue weighted by molar-refractivity contribution is 5.64. The first-order chi connectivity index (χ1) is 8.22. The molecule has 0 aromatic carbocycles. The molecule has 0 radical (unpaired) electrons. The van der Waals surface area contributed by atoms with E-state index in [1.54, 1.807) is 0 Å². The van der Waals surface area contributed by atoms with E-state index in [1.807, 2.05) is 11.6 Å². The zero-order valence-electron chi connectivity index (χ0n) is 11.0. The molecule has 1 aromatic rings. The molecule has 1 aromatic heterocycles. The third-order valence-electron chi connectivity index (χ3n) is 3.79. The minimum atomic E-state index is 0.804. The number of aryl methyl sites for hydroxylation is 2. The number of anilines is 2. The fraction of sp³-hybridized carbons (Fsp3) is 0.769. The van der Waals surface area contributed by atoms with Crippen molar-refractivity contribution in [3.8, 4) is 0 Å². The van der Waals surface area contributed by atoms with Gasteiger partial charge in [-0.25, -0.2) is 4.68 Å². The highest BCUT2D eigenvalue weighted by Gasteiger charge is 2.15. The van der Waals surface area contributed by atoms with Crippen LogP contribution in [0.3, 0.4) is 0 Å². The fourth-order valence-electron chi connectivity index (χ4n) is 2.70. The van der Waals surface area contributed by atoms with Crippen molar-refractivity contribution in [2.24, 2.45) is 5.92 Å². The van der Waals surface area contributed by atoms with E-state index >= 15 is 0 Å². The van der Waals surface area contributed by atoms with E-state index in [-0.39, 0.29) is 0 Å². The third-order valence-corrected chi connectivity index (χ3v) is 3.79. The first kappa shape index (κ1) is 12.3. The molecular weight excluding hydrogens is 212 g/mol. The summed E-state index contributed by atoms with van der Waals surface area (Å²) in [5, 5.41) is 7.86. The molecule has 0 atom stereocenters. The van der Waals surface area contributed by atoms with Crippen LogP contribution in [0.4, 0.5) is 11.5 Å². The molecule has 0 unspecified atom stereocenters. The summed E-state index contributed by atoms with van der Waals surface area (Å²) in [7, 11) is 0. The van der Waals surface area contributed by atoms with Gasteiger partial charge in [0.25, 0.3) is 0 Å². The van der Waals surface area contributed by atoms with Gasteiger partial charge in [0.1, 0.15) is 5.82 Å². The Bertz CT molecular complexity index is 364. The molecule has 1 aliphatic carbocycles. The lowest BCUT2D eigenvalue weighted by Crippen LogP contribution is -2.12. The van der Waals surface area contributed by atoms with Crippen molar-refractivity contribution in [2.45, 2.75) is 52.5 Å². The van der Waals surface area contributed by atoms with Gasteiger partial charge < -0.3 is 11.1 Å². The van der Waals surface area contributed by atoms with E-state index in [1.165, 1.54) is 32.1 Å². The smallest absolute Gasteiger partial charge is 0.148 e. The largest absolute Gasteiger partial charge is 0.394 e. The van der Waals surface area contributed by atoms with Crippen molar-refractivity contribution >= 4 is 11.5 Å². The van der Waals surface area contributed by atoms with Crippen LogP contribution in [0.2, 0.25) is 0 Å². The zero-order chi connectivity index (χ0) is 12.3. The van der Waals surface area contributed by atoms with Crippen molar-refractivity contribution in [3.05, 3.63) is 5.69 Å². The van der Waals surface area contributed by atoms with E-state index < -0.39 is 0 Å². The average Bonchev–Trinajstić information content (AvgIpc) is 2.92. The van der Waals surface area contributed by atoms with Crippen LogP contribution in [-0.2, 0) is 6.54 Å². The summed E-state index contributed by atoms with van der Waals surface area (Å²) in [6.07, 6.45) is 6.90. The Balaban J connectivity index is 1.89. The van der Waals surface area contributed by atoms with Gasteiger partial charge in [-0.05, 0) is 26.2 Å². The minimum absolute atomic E-state index is 0.804. The summed E-state index contributed by atoms with van der Waals surface area (Å²) < 4.78 is 1.96. The van der Waals surface area contributed by atoms with Gasteiger partial charge in [0, 0.05) is 13.1 Å². The average molecular weight is 236 g/mol. The second-order valence-electron chi connectivity index (χ2n) is 5.03. The molecule has 0 spiro atoms. The second kappa shape index (κ2) is 5.43. The topological polar surface area (TPSA) is 55.9 Å². The van der Waals surface area contributed by atoms with E-state index in [2.05, 4.69) is 17.3 Å². The molecule has 17 heavy (non-hydrogen) atoms. The third kappa shape index (κ3) is 2.73. The van der Waals surface area contributed by atoms with Crippen molar-refractivity contribution in [1.82, 2.24) is 9.78 Å². The molecule has 1 fully saturated rings.